The average Bonchev–Trinajstić information content (AvgIpc) is 2.61. The maximum absolute atomic E-state index is 12.6. The highest BCUT2D eigenvalue weighted by Crippen LogP contribution is 2.29. The van der Waals surface area contributed by atoms with Gasteiger partial charge in [-0.3, -0.25) is 4.79 Å². The Labute approximate surface area is 159 Å². The Morgan fingerprint density at radius 3 is 2.07 bits per heavy atom. The van der Waals surface area contributed by atoms with Gasteiger partial charge in [-0.15, -0.1) is 0 Å². The first-order valence-electron chi connectivity index (χ1n) is 8.37. The molecular formula is C20H17F3N4O. The van der Waals surface area contributed by atoms with E-state index < -0.39 is 17.6 Å². The molecule has 5 nitrogen and oxygen atoms in total. The highest BCUT2D eigenvalue weighted by molar-refractivity contribution is 6.02. The third-order valence-corrected chi connectivity index (χ3v) is 3.85. The molecule has 0 unspecified atom stereocenters. The van der Waals surface area contributed by atoms with E-state index in [4.69, 9.17) is 0 Å². The zero-order valence-corrected chi connectivity index (χ0v) is 15.1. The first kappa shape index (κ1) is 19.3. The van der Waals surface area contributed by atoms with Gasteiger partial charge in [0, 0.05) is 11.4 Å². The number of halogens is 3. The molecule has 0 saturated heterocycles. The van der Waals surface area contributed by atoms with Crippen molar-refractivity contribution in [3.8, 4) is 0 Å². The van der Waals surface area contributed by atoms with Crippen LogP contribution in [0, 0.1) is 13.8 Å². The molecule has 1 amide bonds. The van der Waals surface area contributed by atoms with Crippen molar-refractivity contribution in [3.63, 3.8) is 0 Å². The van der Waals surface area contributed by atoms with Crippen LogP contribution in [0.15, 0.2) is 54.9 Å². The lowest BCUT2D eigenvalue weighted by Gasteiger charge is -2.09. The van der Waals surface area contributed by atoms with Crippen molar-refractivity contribution in [1.82, 2.24) is 9.97 Å². The van der Waals surface area contributed by atoms with Crippen LogP contribution in [-0.4, -0.2) is 15.9 Å². The summed E-state index contributed by atoms with van der Waals surface area (Å²) in [5, 5.41) is 5.60. The van der Waals surface area contributed by atoms with Gasteiger partial charge < -0.3 is 10.6 Å². The summed E-state index contributed by atoms with van der Waals surface area (Å²) < 4.78 is 37.7. The quantitative estimate of drug-likeness (QED) is 0.654. The number of alkyl halides is 3. The van der Waals surface area contributed by atoms with Crippen LogP contribution in [0.1, 0.15) is 27.2 Å². The zero-order valence-electron chi connectivity index (χ0n) is 15.1. The average molecular weight is 386 g/mol. The second kappa shape index (κ2) is 7.67. The molecular weight excluding hydrogens is 369 g/mol. The summed E-state index contributed by atoms with van der Waals surface area (Å²) in [5.41, 5.74) is 2.55. The topological polar surface area (TPSA) is 66.9 Å². The highest BCUT2D eigenvalue weighted by Gasteiger charge is 2.30. The number of anilines is 3. The fourth-order valence-corrected chi connectivity index (χ4v) is 2.64. The van der Waals surface area contributed by atoms with E-state index in [1.54, 1.807) is 0 Å². The SMILES string of the molecule is Cc1cc(C)cc(Nc2cnc(C(=O)Nc3ccc(C(F)(F)F)cc3)cn2)c1. The van der Waals surface area contributed by atoms with Crippen LogP contribution in [0.3, 0.4) is 0 Å². The molecule has 0 spiro atoms. The monoisotopic (exact) mass is 386 g/mol. The van der Waals surface area contributed by atoms with Crippen LogP contribution in [0.2, 0.25) is 0 Å². The van der Waals surface area contributed by atoms with E-state index in [0.29, 0.717) is 5.82 Å². The Morgan fingerprint density at radius 2 is 1.54 bits per heavy atom. The molecule has 144 valence electrons. The molecule has 2 N–H and O–H groups in total. The largest absolute Gasteiger partial charge is 0.416 e. The number of carbonyl (C=O) groups is 1. The smallest absolute Gasteiger partial charge is 0.339 e. The molecule has 8 heteroatoms. The van der Waals surface area contributed by atoms with Gasteiger partial charge in [0.15, 0.2) is 0 Å². The summed E-state index contributed by atoms with van der Waals surface area (Å²) in [6, 6.07) is 10.1. The summed E-state index contributed by atoms with van der Waals surface area (Å²) in [7, 11) is 0. The van der Waals surface area contributed by atoms with Gasteiger partial charge in [0.05, 0.1) is 18.0 Å². The maximum atomic E-state index is 12.6. The van der Waals surface area contributed by atoms with Crippen molar-refractivity contribution < 1.29 is 18.0 Å². The molecule has 1 aromatic heterocycles. The molecule has 3 rings (SSSR count). The number of rotatable bonds is 4. The minimum absolute atomic E-state index is 0.0471. The number of benzene rings is 2. The Hall–Kier alpha value is -3.42. The van der Waals surface area contributed by atoms with Crippen LogP contribution in [0.5, 0.6) is 0 Å². The first-order valence-corrected chi connectivity index (χ1v) is 8.37. The van der Waals surface area contributed by atoms with E-state index in [1.165, 1.54) is 24.5 Å². The summed E-state index contributed by atoms with van der Waals surface area (Å²) in [5.74, 6) is -0.0960. The Bertz CT molecular complexity index is 964. The third kappa shape index (κ3) is 4.85. The molecule has 0 aliphatic heterocycles. The summed E-state index contributed by atoms with van der Waals surface area (Å²) >= 11 is 0. The molecule has 1 heterocycles. The van der Waals surface area contributed by atoms with E-state index >= 15 is 0 Å². The van der Waals surface area contributed by atoms with Gasteiger partial charge in [0.1, 0.15) is 11.5 Å². The van der Waals surface area contributed by atoms with Crippen molar-refractivity contribution in [2.75, 3.05) is 10.6 Å². The molecule has 3 aromatic rings. The summed E-state index contributed by atoms with van der Waals surface area (Å²) in [6.07, 6.45) is -1.71. The van der Waals surface area contributed by atoms with Crippen molar-refractivity contribution in [3.05, 3.63) is 77.2 Å². The van der Waals surface area contributed by atoms with Crippen LogP contribution in [0.4, 0.5) is 30.4 Å². The van der Waals surface area contributed by atoms with Gasteiger partial charge in [0.2, 0.25) is 0 Å². The van der Waals surface area contributed by atoms with E-state index in [-0.39, 0.29) is 11.4 Å². The van der Waals surface area contributed by atoms with Crippen molar-refractivity contribution >= 4 is 23.1 Å². The fourth-order valence-electron chi connectivity index (χ4n) is 2.64. The molecule has 0 fully saturated rings. The number of nitrogens with one attached hydrogen (secondary N) is 2. The second-order valence-corrected chi connectivity index (χ2v) is 6.32. The number of carbonyl (C=O) groups excluding carboxylic acids is 1. The van der Waals surface area contributed by atoms with Crippen LogP contribution in [0.25, 0.3) is 0 Å². The number of hydrogen-bond donors (Lipinski definition) is 2. The molecule has 0 radical (unpaired) electrons. The van der Waals surface area contributed by atoms with Gasteiger partial charge in [-0.05, 0) is 61.4 Å². The lowest BCUT2D eigenvalue weighted by atomic mass is 10.1. The van der Waals surface area contributed by atoms with Gasteiger partial charge in [-0.2, -0.15) is 13.2 Å². The second-order valence-electron chi connectivity index (χ2n) is 6.32. The third-order valence-electron chi connectivity index (χ3n) is 3.85. The van der Waals surface area contributed by atoms with E-state index in [1.807, 2.05) is 32.0 Å². The summed E-state index contributed by atoms with van der Waals surface area (Å²) in [4.78, 5) is 20.4. The predicted molar refractivity (Wildman–Crippen MR) is 101 cm³/mol. The molecule has 28 heavy (non-hydrogen) atoms. The Morgan fingerprint density at radius 1 is 0.893 bits per heavy atom. The zero-order chi connectivity index (χ0) is 20.3. The molecule has 2 aromatic carbocycles. The number of aromatic nitrogens is 2. The number of hydrogen-bond acceptors (Lipinski definition) is 4. The number of amides is 1. The highest BCUT2D eigenvalue weighted by atomic mass is 19.4. The van der Waals surface area contributed by atoms with E-state index in [9.17, 15) is 18.0 Å². The number of aryl methyl sites for hydroxylation is 2. The minimum Gasteiger partial charge on any atom is -0.339 e. The molecule has 0 aliphatic carbocycles. The molecule has 0 aliphatic rings. The van der Waals surface area contributed by atoms with Crippen LogP contribution >= 0.6 is 0 Å². The van der Waals surface area contributed by atoms with Gasteiger partial charge in [-0.1, -0.05) is 6.07 Å². The lowest BCUT2D eigenvalue weighted by Crippen LogP contribution is -2.14. The summed E-state index contributed by atoms with van der Waals surface area (Å²) in [6.45, 7) is 3.97. The van der Waals surface area contributed by atoms with Gasteiger partial charge in [-0.25, -0.2) is 9.97 Å². The lowest BCUT2D eigenvalue weighted by molar-refractivity contribution is -0.137. The first-order chi connectivity index (χ1) is 13.2. The minimum atomic E-state index is -4.42. The molecule has 0 atom stereocenters. The molecule has 0 saturated carbocycles. The van der Waals surface area contributed by atoms with Gasteiger partial charge >= 0.3 is 6.18 Å². The van der Waals surface area contributed by atoms with E-state index in [2.05, 4.69) is 20.6 Å². The predicted octanol–water partition coefficient (Wildman–Crippen LogP) is 5.11. The normalized spacial score (nSPS) is 11.2. The van der Waals surface area contributed by atoms with Crippen molar-refractivity contribution in [2.45, 2.75) is 20.0 Å². The van der Waals surface area contributed by atoms with Crippen LogP contribution in [-0.2, 0) is 6.18 Å². The van der Waals surface area contributed by atoms with Crippen molar-refractivity contribution in [1.29, 1.82) is 0 Å². The fraction of sp³-hybridized carbons (Fsp3) is 0.150. The van der Waals surface area contributed by atoms with Crippen LogP contribution < -0.4 is 10.6 Å². The van der Waals surface area contributed by atoms with E-state index in [0.717, 1.165) is 28.9 Å². The van der Waals surface area contributed by atoms with Gasteiger partial charge in [0.25, 0.3) is 5.91 Å². The number of nitrogens with zero attached hydrogens (tertiary/aromatic N) is 2. The van der Waals surface area contributed by atoms with Crippen molar-refractivity contribution in [2.24, 2.45) is 0 Å². The standard InChI is InChI=1S/C20H17F3N4O/c1-12-7-13(2)9-16(8-12)26-18-11-24-17(10-25-18)19(28)27-15-5-3-14(4-6-15)20(21,22)23/h3-11H,1-2H3,(H,25,26)(H,27,28). The Kier molecular flexibility index (Phi) is 5.30. The molecule has 0 bridgehead atoms. The maximum Gasteiger partial charge on any atom is 0.416 e. The Balaban J connectivity index is 1.66.